The molecule has 1 aliphatic rings. The average Bonchev–Trinajstić information content (AvgIpc) is 2.02. The molecule has 1 aliphatic carbocycles. The number of rotatable bonds is 3. The highest BCUT2D eigenvalue weighted by Crippen LogP contribution is 2.33. The molecule has 3 nitrogen and oxygen atoms in total. The second kappa shape index (κ2) is 4.62. The quantitative estimate of drug-likeness (QED) is 0.743. The van der Waals surface area contributed by atoms with Crippen molar-refractivity contribution in [1.29, 1.82) is 0 Å². The Bertz CT molecular complexity index is 261. The minimum absolute atomic E-state index is 0.0438. The van der Waals surface area contributed by atoms with Crippen LogP contribution >= 0.6 is 0 Å². The summed E-state index contributed by atoms with van der Waals surface area (Å²) in [6.45, 7) is 4.43. The van der Waals surface area contributed by atoms with Gasteiger partial charge in [-0.25, -0.2) is 0 Å². The van der Waals surface area contributed by atoms with E-state index in [1.54, 1.807) is 0 Å². The van der Waals surface area contributed by atoms with Gasteiger partial charge in [0.25, 0.3) is 10.1 Å². The van der Waals surface area contributed by atoms with Gasteiger partial charge in [0.1, 0.15) is 0 Å². The van der Waals surface area contributed by atoms with Gasteiger partial charge in [-0.1, -0.05) is 13.8 Å². The van der Waals surface area contributed by atoms with Gasteiger partial charge in [-0.15, -0.1) is 0 Å². The summed E-state index contributed by atoms with van der Waals surface area (Å²) in [6.07, 6.45) is 4.11. The Morgan fingerprint density at radius 1 is 1.21 bits per heavy atom. The molecule has 1 rings (SSSR count). The first kappa shape index (κ1) is 12.0. The molecule has 1 fully saturated rings. The molecule has 1 saturated carbocycles. The van der Waals surface area contributed by atoms with Crippen molar-refractivity contribution >= 4 is 10.1 Å². The van der Waals surface area contributed by atoms with Crippen molar-refractivity contribution in [3.8, 4) is 0 Å². The van der Waals surface area contributed by atoms with Crippen LogP contribution < -0.4 is 0 Å². The van der Waals surface area contributed by atoms with E-state index >= 15 is 0 Å². The van der Waals surface area contributed by atoms with Gasteiger partial charge < -0.3 is 0 Å². The van der Waals surface area contributed by atoms with Crippen molar-refractivity contribution in [2.24, 2.45) is 17.8 Å². The van der Waals surface area contributed by atoms with Gasteiger partial charge in [-0.05, 0) is 43.4 Å². The monoisotopic (exact) mass is 220 g/mol. The van der Waals surface area contributed by atoms with Crippen LogP contribution in [0.15, 0.2) is 0 Å². The molecule has 0 aromatic heterocycles. The largest absolute Gasteiger partial charge is 0.286 e. The van der Waals surface area contributed by atoms with Crippen molar-refractivity contribution < 1.29 is 13.0 Å². The molecular weight excluding hydrogens is 200 g/mol. The van der Waals surface area contributed by atoms with E-state index in [0.717, 1.165) is 31.6 Å². The molecule has 4 heteroatoms. The van der Waals surface area contributed by atoms with E-state index in [4.69, 9.17) is 4.55 Å². The molecule has 0 aromatic rings. The molecule has 0 radical (unpaired) electrons. The van der Waals surface area contributed by atoms with Crippen molar-refractivity contribution in [3.63, 3.8) is 0 Å². The van der Waals surface area contributed by atoms with Crippen LogP contribution in [0.25, 0.3) is 0 Å². The van der Waals surface area contributed by atoms with Crippen LogP contribution in [0.1, 0.15) is 39.5 Å². The predicted octanol–water partition coefficient (Wildman–Crippen LogP) is 2.34. The third-order valence-corrected chi connectivity index (χ3v) is 4.17. The Kier molecular flexibility index (Phi) is 3.95. The molecule has 0 amide bonds. The van der Waals surface area contributed by atoms with Crippen LogP contribution in [0.4, 0.5) is 0 Å². The SMILES string of the molecule is CC(C)C1CCC(CS(=O)(=O)O)CC1. The minimum atomic E-state index is -3.76. The summed E-state index contributed by atoms with van der Waals surface area (Å²) in [5.41, 5.74) is 0. The van der Waals surface area contributed by atoms with Gasteiger partial charge in [-0.2, -0.15) is 8.42 Å². The fraction of sp³-hybridized carbons (Fsp3) is 1.00. The van der Waals surface area contributed by atoms with Crippen LogP contribution in [-0.4, -0.2) is 18.7 Å². The maximum absolute atomic E-state index is 10.7. The Balaban J connectivity index is 2.36. The topological polar surface area (TPSA) is 54.4 Å². The van der Waals surface area contributed by atoms with Gasteiger partial charge in [0.15, 0.2) is 0 Å². The lowest BCUT2D eigenvalue weighted by molar-refractivity contribution is 0.234. The van der Waals surface area contributed by atoms with Crippen LogP contribution in [0.3, 0.4) is 0 Å². The maximum Gasteiger partial charge on any atom is 0.265 e. The van der Waals surface area contributed by atoms with E-state index in [0.29, 0.717) is 5.92 Å². The Labute approximate surface area is 86.6 Å². The highest BCUT2D eigenvalue weighted by Gasteiger charge is 2.25. The standard InChI is InChI=1S/C10H20O3S/c1-8(2)10-5-3-9(4-6-10)7-14(11,12)13/h8-10H,3-7H2,1-2H3,(H,11,12,13). The smallest absolute Gasteiger partial charge is 0.265 e. The zero-order valence-corrected chi connectivity index (χ0v) is 9.76. The summed E-state index contributed by atoms with van der Waals surface area (Å²) < 4.78 is 30.1. The maximum atomic E-state index is 10.7. The molecule has 0 aromatic carbocycles. The fourth-order valence-electron chi connectivity index (χ4n) is 2.32. The number of hydrogen-bond donors (Lipinski definition) is 1. The molecule has 0 bridgehead atoms. The molecule has 84 valence electrons. The summed E-state index contributed by atoms with van der Waals surface area (Å²) in [5, 5.41) is 0. The van der Waals surface area contributed by atoms with Crippen LogP contribution in [0.2, 0.25) is 0 Å². The van der Waals surface area contributed by atoms with E-state index in [1.807, 2.05) is 0 Å². The van der Waals surface area contributed by atoms with Gasteiger partial charge >= 0.3 is 0 Å². The van der Waals surface area contributed by atoms with E-state index in [1.165, 1.54) is 0 Å². The van der Waals surface area contributed by atoms with E-state index in [9.17, 15) is 8.42 Å². The highest BCUT2D eigenvalue weighted by molar-refractivity contribution is 7.85. The molecule has 0 atom stereocenters. The fourth-order valence-corrected chi connectivity index (χ4v) is 3.25. The van der Waals surface area contributed by atoms with E-state index in [2.05, 4.69) is 13.8 Å². The summed E-state index contributed by atoms with van der Waals surface area (Å²) >= 11 is 0. The molecule has 1 N–H and O–H groups in total. The second-order valence-corrected chi connectivity index (χ2v) is 6.27. The van der Waals surface area contributed by atoms with Crippen molar-refractivity contribution in [2.75, 3.05) is 5.75 Å². The highest BCUT2D eigenvalue weighted by atomic mass is 32.2. The Hall–Kier alpha value is -0.0900. The first-order valence-corrected chi connectivity index (χ1v) is 6.94. The second-order valence-electron chi connectivity index (χ2n) is 4.77. The molecule has 0 aliphatic heterocycles. The molecule has 0 spiro atoms. The lowest BCUT2D eigenvalue weighted by Gasteiger charge is -2.30. The zero-order chi connectivity index (χ0) is 10.8. The van der Waals surface area contributed by atoms with E-state index in [-0.39, 0.29) is 11.7 Å². The molecule has 0 unspecified atom stereocenters. The van der Waals surface area contributed by atoms with Crippen LogP contribution in [0.5, 0.6) is 0 Å². The molecule has 14 heavy (non-hydrogen) atoms. The predicted molar refractivity (Wildman–Crippen MR) is 56.7 cm³/mol. The zero-order valence-electron chi connectivity index (χ0n) is 8.94. The lowest BCUT2D eigenvalue weighted by Crippen LogP contribution is -2.23. The summed E-state index contributed by atoms with van der Waals surface area (Å²) in [7, 11) is -3.76. The Morgan fingerprint density at radius 2 is 1.71 bits per heavy atom. The third kappa shape index (κ3) is 3.96. The lowest BCUT2D eigenvalue weighted by atomic mass is 9.78. The third-order valence-electron chi connectivity index (χ3n) is 3.28. The molecule has 0 heterocycles. The summed E-state index contributed by atoms with van der Waals surface area (Å²) in [5.74, 6) is 1.58. The Morgan fingerprint density at radius 3 is 2.07 bits per heavy atom. The van der Waals surface area contributed by atoms with Crippen molar-refractivity contribution in [1.82, 2.24) is 0 Å². The van der Waals surface area contributed by atoms with Gasteiger partial charge in [0.05, 0.1) is 5.75 Å². The van der Waals surface area contributed by atoms with Gasteiger partial charge in [0, 0.05) is 0 Å². The van der Waals surface area contributed by atoms with E-state index < -0.39 is 10.1 Å². The van der Waals surface area contributed by atoms with Crippen LogP contribution in [0, 0.1) is 17.8 Å². The molecule has 0 saturated heterocycles. The average molecular weight is 220 g/mol. The van der Waals surface area contributed by atoms with Gasteiger partial charge in [0.2, 0.25) is 0 Å². The summed E-state index contributed by atoms with van der Waals surface area (Å²) in [4.78, 5) is 0. The van der Waals surface area contributed by atoms with Gasteiger partial charge in [-0.3, -0.25) is 4.55 Å². The first-order valence-electron chi connectivity index (χ1n) is 5.33. The first-order chi connectivity index (χ1) is 6.38. The van der Waals surface area contributed by atoms with Crippen molar-refractivity contribution in [2.45, 2.75) is 39.5 Å². The molecular formula is C10H20O3S. The normalized spacial score (nSPS) is 29.4. The number of hydrogen-bond acceptors (Lipinski definition) is 2. The minimum Gasteiger partial charge on any atom is -0.286 e. The van der Waals surface area contributed by atoms with Crippen LogP contribution in [-0.2, 0) is 10.1 Å². The summed E-state index contributed by atoms with van der Waals surface area (Å²) in [6, 6.07) is 0. The van der Waals surface area contributed by atoms with Crippen molar-refractivity contribution in [3.05, 3.63) is 0 Å².